The van der Waals surface area contributed by atoms with Crippen LogP contribution < -0.4 is 5.32 Å². The van der Waals surface area contributed by atoms with Crippen molar-refractivity contribution in [3.63, 3.8) is 0 Å². The van der Waals surface area contributed by atoms with Gasteiger partial charge in [0, 0.05) is 13.6 Å². The molecule has 0 radical (unpaired) electrons. The molecule has 1 amide bonds. The number of nitrogens with one attached hydrogen (secondary N) is 1. The third kappa shape index (κ3) is 4.35. The van der Waals surface area contributed by atoms with E-state index in [1.165, 1.54) is 25.7 Å². The number of rotatable bonds is 5. The van der Waals surface area contributed by atoms with Crippen LogP contribution in [0.2, 0.25) is 0 Å². The number of carbonyl (C=O) groups is 1. The highest BCUT2D eigenvalue weighted by Crippen LogP contribution is 2.24. The lowest BCUT2D eigenvalue weighted by Gasteiger charge is -2.21. The van der Waals surface area contributed by atoms with Gasteiger partial charge < -0.3 is 4.90 Å². The zero-order valence-corrected chi connectivity index (χ0v) is 9.46. The minimum Gasteiger partial charge on any atom is -0.344 e. The molecule has 1 saturated carbocycles. The molecular formula is C12H20N2O. The van der Waals surface area contributed by atoms with E-state index in [-0.39, 0.29) is 5.91 Å². The van der Waals surface area contributed by atoms with Crippen LogP contribution in [0.3, 0.4) is 0 Å². The molecule has 1 rings (SSSR count). The van der Waals surface area contributed by atoms with E-state index < -0.39 is 0 Å². The van der Waals surface area contributed by atoms with Crippen LogP contribution in [0.25, 0.3) is 0 Å². The van der Waals surface area contributed by atoms with Crippen molar-refractivity contribution in [2.75, 3.05) is 26.7 Å². The fourth-order valence-corrected chi connectivity index (χ4v) is 2.06. The lowest BCUT2D eigenvalue weighted by Crippen LogP contribution is -2.38. The van der Waals surface area contributed by atoms with Crippen molar-refractivity contribution in [3.05, 3.63) is 0 Å². The first kappa shape index (κ1) is 12.1. The summed E-state index contributed by atoms with van der Waals surface area (Å²) >= 11 is 0. The summed E-state index contributed by atoms with van der Waals surface area (Å²) in [7, 11) is 1.87. The van der Waals surface area contributed by atoms with Gasteiger partial charge in [-0.2, -0.15) is 0 Å². The fraction of sp³-hybridized carbons (Fsp3) is 0.750. The zero-order chi connectivity index (χ0) is 11.1. The third-order valence-electron chi connectivity index (χ3n) is 2.94. The number of likely N-dealkylation sites (N-methyl/N-ethyl adjacent to an activating group) is 1. The minimum atomic E-state index is 0.136. The molecule has 1 N–H and O–H groups in total. The van der Waals surface area contributed by atoms with E-state index in [1.54, 1.807) is 0 Å². The van der Waals surface area contributed by atoms with Gasteiger partial charge >= 0.3 is 0 Å². The van der Waals surface area contributed by atoms with Gasteiger partial charge in [-0.3, -0.25) is 10.1 Å². The second-order valence-electron chi connectivity index (χ2n) is 4.23. The van der Waals surface area contributed by atoms with E-state index in [2.05, 4.69) is 11.2 Å². The Balaban J connectivity index is 2.17. The monoisotopic (exact) mass is 208 g/mol. The zero-order valence-electron chi connectivity index (χ0n) is 9.46. The highest BCUT2D eigenvalue weighted by molar-refractivity contribution is 5.77. The number of hydrogen-bond donors (Lipinski definition) is 1. The largest absolute Gasteiger partial charge is 0.344 e. The topological polar surface area (TPSA) is 32.3 Å². The van der Waals surface area contributed by atoms with Gasteiger partial charge in [0.2, 0.25) is 5.91 Å². The van der Waals surface area contributed by atoms with Crippen molar-refractivity contribution in [3.8, 4) is 12.3 Å². The molecule has 0 aromatic carbocycles. The van der Waals surface area contributed by atoms with Crippen LogP contribution in [0.15, 0.2) is 0 Å². The van der Waals surface area contributed by atoms with Gasteiger partial charge in [-0.05, 0) is 18.8 Å². The van der Waals surface area contributed by atoms with Crippen LogP contribution in [0, 0.1) is 18.3 Å². The van der Waals surface area contributed by atoms with Gasteiger partial charge in [-0.25, -0.2) is 0 Å². The predicted octanol–water partition coefficient (Wildman–Crippen LogP) is 0.858. The highest BCUT2D eigenvalue weighted by atomic mass is 16.2. The molecule has 1 aliphatic carbocycles. The van der Waals surface area contributed by atoms with Crippen LogP contribution in [0.1, 0.15) is 25.7 Å². The second kappa shape index (κ2) is 6.47. The van der Waals surface area contributed by atoms with Crippen molar-refractivity contribution in [1.82, 2.24) is 10.2 Å². The molecule has 84 valence electrons. The third-order valence-corrected chi connectivity index (χ3v) is 2.94. The Hall–Kier alpha value is -1.01. The molecule has 0 bridgehead atoms. The molecule has 0 atom stereocenters. The van der Waals surface area contributed by atoms with Crippen molar-refractivity contribution < 1.29 is 4.79 Å². The maximum Gasteiger partial charge on any atom is 0.236 e. The van der Waals surface area contributed by atoms with Crippen LogP contribution in [-0.2, 0) is 4.79 Å². The predicted molar refractivity (Wildman–Crippen MR) is 61.3 cm³/mol. The Morgan fingerprint density at radius 3 is 2.80 bits per heavy atom. The number of terminal acetylenes is 1. The van der Waals surface area contributed by atoms with Crippen molar-refractivity contribution in [2.24, 2.45) is 5.92 Å². The molecule has 0 saturated heterocycles. The molecule has 3 heteroatoms. The Morgan fingerprint density at radius 2 is 2.20 bits per heavy atom. The molecule has 0 heterocycles. The van der Waals surface area contributed by atoms with Gasteiger partial charge in [0.1, 0.15) is 0 Å². The first-order chi connectivity index (χ1) is 7.24. The molecule has 0 aromatic heterocycles. The Bertz CT molecular complexity index is 238. The standard InChI is InChI=1S/C12H20N2O/c1-3-8-13-9-12(15)14(2)10-11-6-4-5-7-11/h1,11,13H,4-10H2,2H3. The molecule has 1 aliphatic rings. The first-order valence-electron chi connectivity index (χ1n) is 5.62. The smallest absolute Gasteiger partial charge is 0.236 e. The van der Waals surface area contributed by atoms with Crippen LogP contribution in [0.4, 0.5) is 0 Å². The second-order valence-corrected chi connectivity index (χ2v) is 4.23. The number of hydrogen-bond acceptors (Lipinski definition) is 2. The molecule has 1 fully saturated rings. The van der Waals surface area contributed by atoms with Gasteiger partial charge in [0.25, 0.3) is 0 Å². The van der Waals surface area contributed by atoms with E-state index in [1.807, 2.05) is 11.9 Å². The quantitative estimate of drug-likeness (QED) is 0.537. The summed E-state index contributed by atoms with van der Waals surface area (Å²) in [6.07, 6.45) is 10.3. The molecular weight excluding hydrogens is 188 g/mol. The Morgan fingerprint density at radius 1 is 1.53 bits per heavy atom. The highest BCUT2D eigenvalue weighted by Gasteiger charge is 2.18. The molecule has 0 aromatic rings. The summed E-state index contributed by atoms with van der Waals surface area (Å²) < 4.78 is 0. The van der Waals surface area contributed by atoms with Gasteiger partial charge in [0.15, 0.2) is 0 Å². The number of carbonyl (C=O) groups excluding carboxylic acids is 1. The lowest BCUT2D eigenvalue weighted by atomic mass is 10.1. The average molecular weight is 208 g/mol. The summed E-state index contributed by atoms with van der Waals surface area (Å²) in [5, 5.41) is 2.91. The summed E-state index contributed by atoms with van der Waals surface area (Å²) in [6.45, 7) is 1.72. The minimum absolute atomic E-state index is 0.136. The maximum absolute atomic E-state index is 11.6. The van der Waals surface area contributed by atoms with Crippen molar-refractivity contribution in [1.29, 1.82) is 0 Å². The summed E-state index contributed by atoms with van der Waals surface area (Å²) in [5.74, 6) is 3.30. The summed E-state index contributed by atoms with van der Waals surface area (Å²) in [5.41, 5.74) is 0. The van der Waals surface area contributed by atoms with E-state index in [9.17, 15) is 4.79 Å². The van der Waals surface area contributed by atoms with Crippen LogP contribution in [0.5, 0.6) is 0 Å². The molecule has 3 nitrogen and oxygen atoms in total. The van der Waals surface area contributed by atoms with Gasteiger partial charge in [0.05, 0.1) is 13.1 Å². The van der Waals surface area contributed by atoms with Crippen molar-refractivity contribution in [2.45, 2.75) is 25.7 Å². The van der Waals surface area contributed by atoms with E-state index in [0.717, 1.165) is 6.54 Å². The lowest BCUT2D eigenvalue weighted by molar-refractivity contribution is -0.129. The SMILES string of the molecule is C#CCNCC(=O)N(C)CC1CCCC1. The number of nitrogens with zero attached hydrogens (tertiary/aromatic N) is 1. The first-order valence-corrected chi connectivity index (χ1v) is 5.62. The van der Waals surface area contributed by atoms with Crippen molar-refractivity contribution >= 4 is 5.91 Å². The van der Waals surface area contributed by atoms with E-state index in [0.29, 0.717) is 19.0 Å². The Kier molecular flexibility index (Phi) is 5.20. The normalized spacial score (nSPS) is 16.3. The average Bonchev–Trinajstić information content (AvgIpc) is 2.70. The summed E-state index contributed by atoms with van der Waals surface area (Å²) in [4.78, 5) is 13.4. The number of amides is 1. The molecule has 0 unspecified atom stereocenters. The molecule has 0 aliphatic heterocycles. The van der Waals surface area contributed by atoms with E-state index in [4.69, 9.17) is 6.42 Å². The maximum atomic E-state index is 11.6. The van der Waals surface area contributed by atoms with Crippen LogP contribution >= 0.6 is 0 Å². The van der Waals surface area contributed by atoms with Gasteiger partial charge in [-0.15, -0.1) is 6.42 Å². The fourth-order valence-electron chi connectivity index (χ4n) is 2.06. The van der Waals surface area contributed by atoms with Crippen LogP contribution in [-0.4, -0.2) is 37.5 Å². The summed E-state index contributed by atoms with van der Waals surface area (Å²) in [6, 6.07) is 0. The van der Waals surface area contributed by atoms with Gasteiger partial charge in [-0.1, -0.05) is 18.8 Å². The Labute approximate surface area is 92.2 Å². The molecule has 0 spiro atoms. The van der Waals surface area contributed by atoms with E-state index >= 15 is 0 Å². The molecule has 15 heavy (non-hydrogen) atoms.